The number of nitrogens with zero attached hydrogens (tertiary/aromatic N) is 5. The molecule has 37 heavy (non-hydrogen) atoms. The molecule has 6 rings (SSSR count). The quantitative estimate of drug-likeness (QED) is 0.426. The molecule has 0 radical (unpaired) electrons. The molecule has 11 heteroatoms. The van der Waals surface area contributed by atoms with Crippen LogP contribution in [0.2, 0.25) is 0 Å². The van der Waals surface area contributed by atoms with Crippen molar-refractivity contribution in [3.8, 4) is 16.9 Å². The molecule has 0 fully saturated rings. The average molecular weight is 507 g/mol. The SMILES string of the molecule is CN1C(=O)c2cccc(OC(F)F)c2[C@H]2C[C@@H]1c1nn3ccc(-c4cnc([C@](C)(O)CO)nc4)cc3c12. The number of benzene rings is 1. The van der Waals surface area contributed by atoms with Gasteiger partial charge in [-0.3, -0.25) is 4.79 Å². The van der Waals surface area contributed by atoms with Crippen molar-refractivity contribution in [2.75, 3.05) is 13.7 Å². The second kappa shape index (κ2) is 8.29. The van der Waals surface area contributed by atoms with Crippen LogP contribution in [-0.4, -0.2) is 60.9 Å². The first-order valence-electron chi connectivity index (χ1n) is 11.7. The molecule has 2 aliphatic rings. The number of alkyl halides is 2. The fraction of sp³-hybridized carbons (Fsp3) is 0.308. The van der Waals surface area contributed by atoms with Gasteiger partial charge in [-0.1, -0.05) is 6.07 Å². The van der Waals surface area contributed by atoms with E-state index in [2.05, 4.69) is 9.97 Å². The molecular weight excluding hydrogens is 484 g/mol. The minimum absolute atomic E-state index is 0.0109. The second-order valence-corrected chi connectivity index (χ2v) is 9.59. The van der Waals surface area contributed by atoms with Gasteiger partial charge >= 0.3 is 6.61 Å². The van der Waals surface area contributed by atoms with Crippen LogP contribution in [0.15, 0.2) is 48.9 Å². The zero-order chi connectivity index (χ0) is 26.1. The van der Waals surface area contributed by atoms with Gasteiger partial charge in [0.05, 0.1) is 23.9 Å². The van der Waals surface area contributed by atoms with Gasteiger partial charge < -0.3 is 19.8 Å². The summed E-state index contributed by atoms with van der Waals surface area (Å²) in [5.41, 5.74) is 3.05. The van der Waals surface area contributed by atoms with Crippen LogP contribution >= 0.6 is 0 Å². The lowest BCUT2D eigenvalue weighted by molar-refractivity contribution is -0.0505. The summed E-state index contributed by atoms with van der Waals surface area (Å²) in [4.78, 5) is 23.3. The molecule has 4 heterocycles. The number of hydrogen-bond donors (Lipinski definition) is 2. The van der Waals surface area contributed by atoms with Gasteiger partial charge in [-0.15, -0.1) is 0 Å². The molecule has 190 valence electrons. The fourth-order valence-electron chi connectivity index (χ4n) is 5.37. The Morgan fingerprint density at radius 3 is 2.65 bits per heavy atom. The van der Waals surface area contributed by atoms with Crippen LogP contribution in [0, 0.1) is 0 Å². The van der Waals surface area contributed by atoms with Crippen molar-refractivity contribution in [3.05, 3.63) is 77.1 Å². The minimum Gasteiger partial charge on any atom is -0.434 e. The van der Waals surface area contributed by atoms with Crippen LogP contribution in [0.3, 0.4) is 0 Å². The molecule has 1 aromatic carbocycles. The molecule has 3 atom stereocenters. The summed E-state index contributed by atoms with van der Waals surface area (Å²) in [7, 11) is 1.70. The predicted molar refractivity (Wildman–Crippen MR) is 127 cm³/mol. The maximum absolute atomic E-state index is 13.3. The van der Waals surface area contributed by atoms with Crippen molar-refractivity contribution in [1.82, 2.24) is 24.5 Å². The van der Waals surface area contributed by atoms with E-state index in [0.29, 0.717) is 23.1 Å². The first kappa shape index (κ1) is 23.4. The summed E-state index contributed by atoms with van der Waals surface area (Å²) in [6.07, 6.45) is 5.42. The number of amides is 1. The van der Waals surface area contributed by atoms with E-state index in [-0.39, 0.29) is 29.4 Å². The first-order chi connectivity index (χ1) is 17.7. The van der Waals surface area contributed by atoms with E-state index in [1.54, 1.807) is 47.2 Å². The van der Waals surface area contributed by atoms with Crippen LogP contribution in [-0.2, 0) is 5.60 Å². The fourth-order valence-corrected chi connectivity index (χ4v) is 5.37. The highest BCUT2D eigenvalue weighted by Gasteiger charge is 2.46. The lowest BCUT2D eigenvalue weighted by Crippen LogP contribution is -2.30. The summed E-state index contributed by atoms with van der Waals surface area (Å²) < 4.78 is 33.2. The topological polar surface area (TPSA) is 113 Å². The third-order valence-electron chi connectivity index (χ3n) is 7.25. The summed E-state index contributed by atoms with van der Waals surface area (Å²) in [6.45, 7) is -2.11. The number of carbonyl (C=O) groups is 1. The average Bonchev–Trinajstić information content (AvgIpc) is 3.41. The standard InChI is InChI=1S/C26H23F2N5O4/c1-26(36,12-34)24-29-10-14(11-30-24)13-6-7-33-17(8-13)21-16-9-18(22(21)31-33)32(2)23(35)15-4-3-5-19(20(15)16)37-25(27)28/h3-8,10-11,16,18,25,34,36H,9,12H2,1-2H3/t16-,18-,26-/m1/s1. The maximum atomic E-state index is 13.3. The van der Waals surface area contributed by atoms with Crippen molar-refractivity contribution >= 4 is 11.4 Å². The Morgan fingerprint density at radius 1 is 1.19 bits per heavy atom. The Kier molecular flexibility index (Phi) is 5.25. The number of aromatic nitrogens is 4. The summed E-state index contributed by atoms with van der Waals surface area (Å²) >= 11 is 0. The molecule has 0 saturated heterocycles. The van der Waals surface area contributed by atoms with Crippen molar-refractivity contribution in [2.45, 2.75) is 37.5 Å². The largest absolute Gasteiger partial charge is 0.434 e. The zero-order valence-corrected chi connectivity index (χ0v) is 20.0. The molecule has 4 aromatic rings. The summed E-state index contributed by atoms with van der Waals surface area (Å²) in [5, 5.41) is 24.3. The molecule has 9 nitrogen and oxygen atoms in total. The maximum Gasteiger partial charge on any atom is 0.387 e. The normalized spacial score (nSPS) is 20.1. The number of fused-ring (bicyclic) bond motifs is 9. The van der Waals surface area contributed by atoms with Gasteiger partial charge in [-0.2, -0.15) is 13.9 Å². The van der Waals surface area contributed by atoms with E-state index < -0.39 is 18.8 Å². The number of halogens is 2. The second-order valence-electron chi connectivity index (χ2n) is 9.59. The molecule has 1 aliphatic heterocycles. The number of carbonyl (C=O) groups excluding carboxylic acids is 1. The zero-order valence-electron chi connectivity index (χ0n) is 20.0. The highest BCUT2D eigenvalue weighted by molar-refractivity contribution is 5.98. The van der Waals surface area contributed by atoms with E-state index in [4.69, 9.17) is 9.84 Å². The van der Waals surface area contributed by atoms with Crippen molar-refractivity contribution < 1.29 is 28.5 Å². The molecule has 2 bridgehead atoms. The van der Waals surface area contributed by atoms with Crippen molar-refractivity contribution in [3.63, 3.8) is 0 Å². The number of pyridine rings is 1. The van der Waals surface area contributed by atoms with E-state index in [1.165, 1.54) is 13.0 Å². The van der Waals surface area contributed by atoms with E-state index >= 15 is 0 Å². The van der Waals surface area contributed by atoms with E-state index in [1.807, 2.05) is 12.1 Å². The van der Waals surface area contributed by atoms with E-state index in [0.717, 1.165) is 22.3 Å². The number of aliphatic hydroxyl groups is 2. The highest BCUT2D eigenvalue weighted by Crippen LogP contribution is 2.53. The summed E-state index contributed by atoms with van der Waals surface area (Å²) in [5.74, 6) is -0.541. The van der Waals surface area contributed by atoms with Gasteiger partial charge in [-0.05, 0) is 43.2 Å². The lowest BCUT2D eigenvalue weighted by Gasteiger charge is -2.23. The van der Waals surface area contributed by atoms with Crippen LogP contribution < -0.4 is 4.74 Å². The first-order valence-corrected chi connectivity index (χ1v) is 11.7. The van der Waals surface area contributed by atoms with Gasteiger partial charge in [0.1, 0.15) is 11.4 Å². The van der Waals surface area contributed by atoms with Crippen molar-refractivity contribution in [1.29, 1.82) is 0 Å². The lowest BCUT2D eigenvalue weighted by atomic mass is 9.88. The molecule has 0 unspecified atom stereocenters. The smallest absolute Gasteiger partial charge is 0.387 e. The van der Waals surface area contributed by atoms with Gasteiger partial charge in [0.15, 0.2) is 5.82 Å². The van der Waals surface area contributed by atoms with Crippen LogP contribution in [0.4, 0.5) is 8.78 Å². The Bertz CT molecular complexity index is 1540. The van der Waals surface area contributed by atoms with Gasteiger partial charge in [-0.25, -0.2) is 14.5 Å². The molecule has 1 amide bonds. The molecule has 1 aliphatic carbocycles. The van der Waals surface area contributed by atoms with Crippen LogP contribution in [0.5, 0.6) is 5.75 Å². The van der Waals surface area contributed by atoms with Gasteiger partial charge in [0.25, 0.3) is 5.91 Å². The number of hydrogen-bond acceptors (Lipinski definition) is 7. The Balaban J connectivity index is 1.50. The summed E-state index contributed by atoms with van der Waals surface area (Å²) in [6, 6.07) is 8.11. The Labute approximate surface area is 210 Å². The molecule has 2 N–H and O–H groups in total. The van der Waals surface area contributed by atoms with E-state index in [9.17, 15) is 23.8 Å². The van der Waals surface area contributed by atoms with Crippen molar-refractivity contribution in [2.24, 2.45) is 0 Å². The molecule has 3 aromatic heterocycles. The Hall–Kier alpha value is -3.96. The number of ether oxygens (including phenoxy) is 1. The Morgan fingerprint density at radius 2 is 1.95 bits per heavy atom. The molecule has 0 saturated carbocycles. The number of aliphatic hydroxyl groups excluding tert-OH is 1. The molecule has 0 spiro atoms. The highest BCUT2D eigenvalue weighted by atomic mass is 19.3. The monoisotopic (exact) mass is 507 g/mol. The third kappa shape index (κ3) is 3.57. The van der Waals surface area contributed by atoms with Gasteiger partial charge in [0.2, 0.25) is 0 Å². The van der Waals surface area contributed by atoms with Crippen LogP contribution in [0.25, 0.3) is 16.6 Å². The van der Waals surface area contributed by atoms with Crippen LogP contribution in [0.1, 0.15) is 58.3 Å². The molecular formula is C26H23F2N5O4. The third-order valence-corrected chi connectivity index (χ3v) is 7.25. The number of rotatable bonds is 5. The minimum atomic E-state index is -3.02. The van der Waals surface area contributed by atoms with Gasteiger partial charge in [0, 0.05) is 53.8 Å². The predicted octanol–water partition coefficient (Wildman–Crippen LogP) is 3.25.